The molecule has 5 rings (SSSR count). The number of rotatable bonds is 7. The topological polar surface area (TPSA) is 49.3 Å². The van der Waals surface area contributed by atoms with Gasteiger partial charge in [0.15, 0.2) is 0 Å². The Bertz CT molecular complexity index is 1280. The van der Waals surface area contributed by atoms with Gasteiger partial charge in [-0.2, -0.15) is 0 Å². The van der Waals surface area contributed by atoms with Gasteiger partial charge < -0.3 is 4.90 Å². The van der Waals surface area contributed by atoms with Crippen LogP contribution in [0.2, 0.25) is 0 Å². The molecule has 0 unspecified atom stereocenters. The summed E-state index contributed by atoms with van der Waals surface area (Å²) in [7, 11) is 1.87. The fourth-order valence-electron chi connectivity index (χ4n) is 5.15. The third-order valence-corrected chi connectivity index (χ3v) is 7.95. The summed E-state index contributed by atoms with van der Waals surface area (Å²) in [5, 5.41) is 1.92. The molecule has 0 bridgehead atoms. The summed E-state index contributed by atoms with van der Waals surface area (Å²) in [6.07, 6.45) is 5.90. The second-order valence-corrected chi connectivity index (χ2v) is 10.2. The molecule has 35 heavy (non-hydrogen) atoms. The van der Waals surface area contributed by atoms with Crippen LogP contribution in [0.4, 0.5) is 4.39 Å². The van der Waals surface area contributed by atoms with Crippen LogP contribution in [0.1, 0.15) is 33.6 Å². The Labute approximate surface area is 209 Å². The highest BCUT2D eigenvalue weighted by atomic mass is 32.1. The van der Waals surface area contributed by atoms with E-state index in [9.17, 15) is 9.18 Å². The van der Waals surface area contributed by atoms with Crippen LogP contribution in [0.15, 0.2) is 72.4 Å². The van der Waals surface area contributed by atoms with E-state index >= 15 is 0 Å². The largest absolute Gasteiger partial charge is 0.337 e. The molecule has 1 saturated heterocycles. The van der Waals surface area contributed by atoms with E-state index in [0.717, 1.165) is 48.4 Å². The van der Waals surface area contributed by atoms with Gasteiger partial charge in [0.2, 0.25) is 0 Å². The van der Waals surface area contributed by atoms with E-state index in [1.54, 1.807) is 18.5 Å². The lowest BCUT2D eigenvalue weighted by Gasteiger charge is -2.40. The monoisotopic (exact) mass is 488 g/mol. The highest BCUT2D eigenvalue weighted by Crippen LogP contribution is 2.29. The molecule has 0 N–H and O–H groups in total. The molecule has 2 aromatic heterocycles. The summed E-state index contributed by atoms with van der Waals surface area (Å²) < 4.78 is 14.6. The maximum Gasteiger partial charge on any atom is 0.263 e. The zero-order valence-electron chi connectivity index (χ0n) is 19.8. The first-order chi connectivity index (χ1) is 17.1. The molecule has 180 valence electrons. The van der Waals surface area contributed by atoms with Crippen LogP contribution in [0.5, 0.6) is 0 Å². The van der Waals surface area contributed by atoms with Crippen molar-refractivity contribution in [2.45, 2.75) is 31.8 Å². The standard InChI is InChI=1S/C28H29FN4OS/c1-32(28(34)26-10-5-17-35-26)25(18-21-6-2-3-8-23(21)29)20-11-15-33(16-12-20)19-22-7-4-9-24-27(22)31-14-13-30-24/h2-10,13-14,17,20,25H,11-12,15-16,18-19H2,1H3/t25-/m1/s1. The zero-order valence-corrected chi connectivity index (χ0v) is 20.6. The molecule has 0 saturated carbocycles. The van der Waals surface area contributed by atoms with Crippen LogP contribution in [0.25, 0.3) is 11.0 Å². The molecular formula is C28H29FN4OS. The number of hydrogen-bond acceptors (Lipinski definition) is 5. The lowest BCUT2D eigenvalue weighted by Crippen LogP contribution is -2.47. The predicted molar refractivity (Wildman–Crippen MR) is 138 cm³/mol. The minimum atomic E-state index is -0.205. The summed E-state index contributed by atoms with van der Waals surface area (Å²) in [6.45, 7) is 2.68. The summed E-state index contributed by atoms with van der Waals surface area (Å²) in [4.78, 5) is 27.2. The number of hydrogen-bond donors (Lipinski definition) is 0. The van der Waals surface area contributed by atoms with Gasteiger partial charge in [0.05, 0.1) is 15.9 Å². The van der Waals surface area contributed by atoms with E-state index in [1.807, 2.05) is 53.7 Å². The minimum absolute atomic E-state index is 0.0121. The van der Waals surface area contributed by atoms with Gasteiger partial charge in [0.1, 0.15) is 5.82 Å². The quantitative estimate of drug-likeness (QED) is 0.348. The first-order valence-corrected chi connectivity index (χ1v) is 12.9. The number of nitrogens with zero attached hydrogens (tertiary/aromatic N) is 4. The van der Waals surface area contributed by atoms with Gasteiger partial charge in [-0.15, -0.1) is 11.3 Å². The number of piperidine rings is 1. The van der Waals surface area contributed by atoms with Gasteiger partial charge in [-0.1, -0.05) is 36.4 Å². The van der Waals surface area contributed by atoms with Crippen molar-refractivity contribution in [2.75, 3.05) is 20.1 Å². The van der Waals surface area contributed by atoms with Gasteiger partial charge in [-0.25, -0.2) is 4.39 Å². The number of benzene rings is 2. The van der Waals surface area contributed by atoms with Crippen molar-refractivity contribution in [2.24, 2.45) is 5.92 Å². The molecule has 1 amide bonds. The van der Waals surface area contributed by atoms with E-state index < -0.39 is 0 Å². The lowest BCUT2D eigenvalue weighted by atomic mass is 9.84. The molecule has 1 aliphatic heterocycles. The minimum Gasteiger partial charge on any atom is -0.337 e. The van der Waals surface area contributed by atoms with Crippen LogP contribution < -0.4 is 0 Å². The Kier molecular flexibility index (Phi) is 7.16. The normalized spacial score (nSPS) is 15.8. The van der Waals surface area contributed by atoms with Crippen molar-refractivity contribution >= 4 is 28.3 Å². The molecule has 5 nitrogen and oxygen atoms in total. The van der Waals surface area contributed by atoms with Crippen LogP contribution in [-0.4, -0.2) is 51.9 Å². The van der Waals surface area contributed by atoms with Crippen LogP contribution in [-0.2, 0) is 13.0 Å². The van der Waals surface area contributed by atoms with Gasteiger partial charge in [-0.3, -0.25) is 19.7 Å². The average molecular weight is 489 g/mol. The van der Waals surface area contributed by atoms with E-state index in [2.05, 4.69) is 20.9 Å². The van der Waals surface area contributed by atoms with Crippen molar-refractivity contribution in [3.63, 3.8) is 0 Å². The van der Waals surface area contributed by atoms with E-state index in [1.165, 1.54) is 23.0 Å². The summed E-state index contributed by atoms with van der Waals surface area (Å²) in [6, 6.07) is 16.8. The average Bonchev–Trinajstić information content (AvgIpc) is 3.43. The Morgan fingerprint density at radius 2 is 1.83 bits per heavy atom. The molecule has 4 aromatic rings. The summed E-state index contributed by atoms with van der Waals surface area (Å²) in [5.41, 5.74) is 3.72. The molecule has 3 heterocycles. The maximum atomic E-state index is 14.6. The van der Waals surface area contributed by atoms with Crippen LogP contribution >= 0.6 is 11.3 Å². The number of para-hydroxylation sites is 1. The molecule has 0 aliphatic carbocycles. The number of carbonyl (C=O) groups is 1. The Morgan fingerprint density at radius 3 is 2.60 bits per heavy atom. The lowest BCUT2D eigenvalue weighted by molar-refractivity contribution is 0.0588. The molecule has 7 heteroatoms. The Hall–Kier alpha value is -3.16. The fraction of sp³-hybridized carbons (Fsp3) is 0.321. The fourth-order valence-corrected chi connectivity index (χ4v) is 5.86. The second-order valence-electron chi connectivity index (χ2n) is 9.21. The molecule has 0 radical (unpaired) electrons. The third-order valence-electron chi connectivity index (χ3n) is 7.09. The van der Waals surface area contributed by atoms with Gasteiger partial charge in [0.25, 0.3) is 5.91 Å². The zero-order chi connectivity index (χ0) is 24.2. The molecule has 1 aliphatic rings. The number of halogens is 1. The summed E-state index contributed by atoms with van der Waals surface area (Å²) >= 11 is 1.45. The highest BCUT2D eigenvalue weighted by Gasteiger charge is 2.33. The van der Waals surface area contributed by atoms with Crippen molar-refractivity contribution in [3.8, 4) is 0 Å². The first-order valence-electron chi connectivity index (χ1n) is 12.0. The Balaban J connectivity index is 1.31. The second kappa shape index (κ2) is 10.6. The highest BCUT2D eigenvalue weighted by molar-refractivity contribution is 7.12. The number of thiophene rings is 1. The van der Waals surface area contributed by atoms with Gasteiger partial charge in [0, 0.05) is 32.0 Å². The number of amides is 1. The molecular weight excluding hydrogens is 459 g/mol. The number of likely N-dealkylation sites (tertiary alicyclic amines) is 1. The maximum absolute atomic E-state index is 14.6. The third kappa shape index (κ3) is 5.26. The number of fused-ring (bicyclic) bond motifs is 1. The number of carbonyl (C=O) groups excluding carboxylic acids is 1. The smallest absolute Gasteiger partial charge is 0.263 e. The molecule has 1 fully saturated rings. The van der Waals surface area contributed by atoms with E-state index in [0.29, 0.717) is 17.9 Å². The molecule has 0 spiro atoms. The van der Waals surface area contributed by atoms with Crippen molar-refractivity contribution in [3.05, 3.63) is 94.2 Å². The summed E-state index contributed by atoms with van der Waals surface area (Å²) in [5.74, 6) is 0.106. The van der Waals surface area contributed by atoms with Gasteiger partial charge >= 0.3 is 0 Å². The number of aromatic nitrogens is 2. The van der Waals surface area contributed by atoms with Crippen molar-refractivity contribution < 1.29 is 9.18 Å². The van der Waals surface area contributed by atoms with E-state index in [4.69, 9.17) is 0 Å². The van der Waals surface area contributed by atoms with Crippen LogP contribution in [0.3, 0.4) is 0 Å². The van der Waals surface area contributed by atoms with Crippen molar-refractivity contribution in [1.29, 1.82) is 0 Å². The molecule has 2 aromatic carbocycles. The van der Waals surface area contributed by atoms with Crippen LogP contribution in [0, 0.1) is 11.7 Å². The van der Waals surface area contributed by atoms with Gasteiger partial charge in [-0.05, 0) is 73.0 Å². The SMILES string of the molecule is CN(C(=O)c1cccs1)[C@H](Cc1ccccc1F)C1CCN(Cc2cccc3nccnc23)CC1. The van der Waals surface area contributed by atoms with Crippen molar-refractivity contribution in [1.82, 2.24) is 19.8 Å². The molecule has 1 atom stereocenters. The predicted octanol–water partition coefficient (Wildman–Crippen LogP) is 5.43. The first kappa shape index (κ1) is 23.6. The number of likely N-dealkylation sites (N-methyl/N-ethyl adjacent to an activating group) is 1. The Morgan fingerprint density at radius 1 is 1.06 bits per heavy atom. The van der Waals surface area contributed by atoms with E-state index in [-0.39, 0.29) is 17.8 Å².